The minimum Gasteiger partial charge on any atom is -0.495 e. The summed E-state index contributed by atoms with van der Waals surface area (Å²) in [6.45, 7) is 2.81. The maximum atomic E-state index is 12.4. The highest BCUT2D eigenvalue weighted by Gasteiger charge is 2.28. The van der Waals surface area contributed by atoms with Gasteiger partial charge in [-0.25, -0.2) is 13.1 Å². The summed E-state index contributed by atoms with van der Waals surface area (Å²) in [6, 6.07) is 4.77. The number of aryl methyl sites for hydroxylation is 1. The van der Waals surface area contributed by atoms with Gasteiger partial charge in [0.15, 0.2) is 6.19 Å². The predicted octanol–water partition coefficient (Wildman–Crippen LogP) is 0.837. The Balaban J connectivity index is 2.23. The van der Waals surface area contributed by atoms with Crippen LogP contribution in [-0.2, 0) is 10.0 Å². The lowest BCUT2D eigenvalue weighted by molar-refractivity contribution is 0.401. The van der Waals surface area contributed by atoms with E-state index in [4.69, 9.17) is 10.00 Å². The molecule has 0 spiro atoms. The topological polar surface area (TPSA) is 82.4 Å². The third-order valence-electron chi connectivity index (χ3n) is 3.26. The number of nitrogens with one attached hydrogen (secondary N) is 1. The molecule has 1 atom stereocenters. The zero-order chi connectivity index (χ0) is 14.8. The van der Waals surface area contributed by atoms with E-state index in [1.54, 1.807) is 23.1 Å². The second-order valence-electron chi connectivity index (χ2n) is 4.81. The molecule has 1 aliphatic rings. The van der Waals surface area contributed by atoms with E-state index in [-0.39, 0.29) is 10.9 Å². The standard InChI is InChI=1S/C13H17N3O3S/c1-10-3-4-12(19-2)13(7-10)20(17,18)15-11-5-6-16(8-11)9-14/h3-4,7,11,15H,5-6,8H2,1-2H3. The van der Waals surface area contributed by atoms with Gasteiger partial charge in [-0.3, -0.25) is 0 Å². The van der Waals surface area contributed by atoms with Crippen LogP contribution in [0.3, 0.4) is 0 Å². The van der Waals surface area contributed by atoms with Gasteiger partial charge in [0.2, 0.25) is 10.0 Å². The SMILES string of the molecule is COc1ccc(C)cc1S(=O)(=O)NC1CCN(C#N)C1. The third-order valence-corrected chi connectivity index (χ3v) is 4.80. The molecule has 0 aliphatic carbocycles. The van der Waals surface area contributed by atoms with Gasteiger partial charge >= 0.3 is 0 Å². The van der Waals surface area contributed by atoms with E-state index >= 15 is 0 Å². The monoisotopic (exact) mass is 295 g/mol. The molecule has 6 nitrogen and oxygen atoms in total. The summed E-state index contributed by atoms with van der Waals surface area (Å²) < 4.78 is 32.6. The third kappa shape index (κ3) is 3.03. The summed E-state index contributed by atoms with van der Waals surface area (Å²) in [5.74, 6) is 0.318. The Hall–Kier alpha value is -1.78. The molecular weight excluding hydrogens is 278 g/mol. The first-order valence-corrected chi connectivity index (χ1v) is 7.76. The van der Waals surface area contributed by atoms with Crippen molar-refractivity contribution < 1.29 is 13.2 Å². The van der Waals surface area contributed by atoms with Crippen LogP contribution in [0.5, 0.6) is 5.75 Å². The molecule has 108 valence electrons. The van der Waals surface area contributed by atoms with Gasteiger partial charge in [0.1, 0.15) is 10.6 Å². The van der Waals surface area contributed by atoms with Gasteiger partial charge in [-0.1, -0.05) is 6.07 Å². The van der Waals surface area contributed by atoms with Gasteiger partial charge in [-0.2, -0.15) is 5.26 Å². The molecule has 0 saturated carbocycles. The smallest absolute Gasteiger partial charge is 0.244 e. The fourth-order valence-corrected chi connectivity index (χ4v) is 3.74. The predicted molar refractivity (Wildman–Crippen MR) is 73.6 cm³/mol. The van der Waals surface area contributed by atoms with Crippen LogP contribution in [0.2, 0.25) is 0 Å². The Morgan fingerprint density at radius 1 is 1.50 bits per heavy atom. The first-order valence-electron chi connectivity index (χ1n) is 6.28. The van der Waals surface area contributed by atoms with Crippen LogP contribution in [-0.4, -0.2) is 39.6 Å². The number of methoxy groups -OCH3 is 1. The van der Waals surface area contributed by atoms with Crippen molar-refractivity contribution in [3.8, 4) is 11.9 Å². The second-order valence-corrected chi connectivity index (χ2v) is 6.49. The van der Waals surface area contributed by atoms with Crippen molar-refractivity contribution in [2.24, 2.45) is 0 Å². The quantitative estimate of drug-likeness (QED) is 0.832. The lowest BCUT2D eigenvalue weighted by Gasteiger charge is -2.15. The summed E-state index contributed by atoms with van der Waals surface area (Å²) >= 11 is 0. The molecule has 0 aromatic heterocycles. The number of likely N-dealkylation sites (tertiary alicyclic amines) is 1. The maximum Gasteiger partial charge on any atom is 0.244 e. The molecular formula is C13H17N3O3S. The fraction of sp³-hybridized carbons (Fsp3) is 0.462. The van der Waals surface area contributed by atoms with Crippen molar-refractivity contribution in [2.75, 3.05) is 20.2 Å². The molecule has 1 aromatic rings. The van der Waals surface area contributed by atoms with Gasteiger partial charge in [0, 0.05) is 19.1 Å². The Labute approximate surface area is 119 Å². The molecule has 0 amide bonds. The highest BCUT2D eigenvalue weighted by atomic mass is 32.2. The minimum atomic E-state index is -3.65. The van der Waals surface area contributed by atoms with E-state index < -0.39 is 10.0 Å². The number of hydrogen-bond donors (Lipinski definition) is 1. The van der Waals surface area contributed by atoms with Gasteiger partial charge in [-0.15, -0.1) is 0 Å². The van der Waals surface area contributed by atoms with E-state index in [9.17, 15) is 8.42 Å². The van der Waals surface area contributed by atoms with E-state index in [1.807, 2.05) is 13.1 Å². The summed E-state index contributed by atoms with van der Waals surface area (Å²) in [5.41, 5.74) is 0.844. The Kier molecular flexibility index (Phi) is 4.16. The lowest BCUT2D eigenvalue weighted by atomic mass is 10.2. The number of nitrogens with zero attached hydrogens (tertiary/aromatic N) is 2. The van der Waals surface area contributed by atoms with Crippen molar-refractivity contribution in [1.82, 2.24) is 9.62 Å². The largest absolute Gasteiger partial charge is 0.495 e. The average molecular weight is 295 g/mol. The maximum absolute atomic E-state index is 12.4. The summed E-state index contributed by atoms with van der Waals surface area (Å²) in [4.78, 5) is 1.68. The molecule has 1 heterocycles. The molecule has 20 heavy (non-hydrogen) atoms. The molecule has 1 unspecified atom stereocenters. The zero-order valence-electron chi connectivity index (χ0n) is 11.5. The van der Waals surface area contributed by atoms with E-state index in [2.05, 4.69) is 4.72 Å². The number of rotatable bonds is 4. The van der Waals surface area contributed by atoms with Gasteiger partial charge in [-0.05, 0) is 31.0 Å². The molecule has 1 saturated heterocycles. The van der Waals surface area contributed by atoms with Crippen LogP contribution < -0.4 is 9.46 Å². The molecule has 1 aromatic carbocycles. The van der Waals surface area contributed by atoms with E-state index in [0.717, 1.165) is 5.56 Å². The summed E-state index contributed by atoms with van der Waals surface area (Å²) in [7, 11) is -2.21. The molecule has 7 heteroatoms. The van der Waals surface area contributed by atoms with Crippen LogP contribution in [0.4, 0.5) is 0 Å². The number of sulfonamides is 1. The number of ether oxygens (including phenoxy) is 1. The fourth-order valence-electron chi connectivity index (χ4n) is 2.22. The average Bonchev–Trinajstić information content (AvgIpc) is 2.85. The van der Waals surface area contributed by atoms with Gasteiger partial charge < -0.3 is 9.64 Å². The zero-order valence-corrected chi connectivity index (χ0v) is 12.3. The van der Waals surface area contributed by atoms with E-state index in [0.29, 0.717) is 25.3 Å². The molecule has 1 aliphatic heterocycles. The first-order chi connectivity index (χ1) is 9.46. The van der Waals surface area contributed by atoms with Crippen LogP contribution >= 0.6 is 0 Å². The van der Waals surface area contributed by atoms with Crippen LogP contribution in [0.15, 0.2) is 23.1 Å². The normalized spacial score (nSPS) is 18.9. The van der Waals surface area contributed by atoms with Gasteiger partial charge in [0.25, 0.3) is 0 Å². The number of nitriles is 1. The van der Waals surface area contributed by atoms with Crippen LogP contribution in [0.25, 0.3) is 0 Å². The number of benzene rings is 1. The molecule has 2 rings (SSSR count). The van der Waals surface area contributed by atoms with Crippen molar-refractivity contribution in [3.63, 3.8) is 0 Å². The Morgan fingerprint density at radius 2 is 2.25 bits per heavy atom. The van der Waals surface area contributed by atoms with Crippen LogP contribution in [0.1, 0.15) is 12.0 Å². The Bertz CT molecular complexity index is 637. The second kappa shape index (κ2) is 5.69. The summed E-state index contributed by atoms with van der Waals surface area (Å²) in [6.07, 6.45) is 2.65. The molecule has 1 N–H and O–H groups in total. The minimum absolute atomic E-state index is 0.135. The van der Waals surface area contributed by atoms with Gasteiger partial charge in [0.05, 0.1) is 7.11 Å². The molecule has 1 fully saturated rings. The number of hydrogen-bond acceptors (Lipinski definition) is 5. The summed E-state index contributed by atoms with van der Waals surface area (Å²) in [5, 5.41) is 8.80. The lowest BCUT2D eigenvalue weighted by Crippen LogP contribution is -2.36. The Morgan fingerprint density at radius 3 is 2.85 bits per heavy atom. The van der Waals surface area contributed by atoms with Crippen molar-refractivity contribution in [2.45, 2.75) is 24.3 Å². The van der Waals surface area contributed by atoms with Crippen molar-refractivity contribution in [1.29, 1.82) is 5.26 Å². The molecule has 0 bridgehead atoms. The molecule has 0 radical (unpaired) electrons. The first kappa shape index (κ1) is 14.6. The van der Waals surface area contributed by atoms with E-state index in [1.165, 1.54) is 7.11 Å². The highest BCUT2D eigenvalue weighted by Crippen LogP contribution is 2.25. The van der Waals surface area contributed by atoms with Crippen LogP contribution in [0, 0.1) is 18.4 Å². The highest BCUT2D eigenvalue weighted by molar-refractivity contribution is 7.89. The van der Waals surface area contributed by atoms with Crippen molar-refractivity contribution in [3.05, 3.63) is 23.8 Å². The van der Waals surface area contributed by atoms with Crippen molar-refractivity contribution >= 4 is 10.0 Å².